The number of likely N-dealkylation sites (N-methyl/N-ethyl adjacent to an activating group) is 2. The van der Waals surface area contributed by atoms with Crippen molar-refractivity contribution in [1.82, 2.24) is 15.1 Å². The van der Waals surface area contributed by atoms with Crippen LogP contribution >= 0.6 is 0 Å². The van der Waals surface area contributed by atoms with Gasteiger partial charge in [-0.3, -0.25) is 0 Å². The highest BCUT2D eigenvalue weighted by molar-refractivity contribution is 4.66. The molecule has 1 atom stereocenters. The summed E-state index contributed by atoms with van der Waals surface area (Å²) >= 11 is 0. The SMILES string of the molecule is CC(C)CC(C)N(C)CCNCCN(C)C. The van der Waals surface area contributed by atoms with Crippen molar-refractivity contribution < 1.29 is 0 Å². The lowest BCUT2D eigenvalue weighted by Gasteiger charge is -2.26. The molecule has 3 nitrogen and oxygen atoms in total. The lowest BCUT2D eigenvalue weighted by atomic mass is 10.0. The number of hydrogen-bond donors (Lipinski definition) is 1. The Kier molecular flexibility index (Phi) is 8.90. The second kappa shape index (κ2) is 8.97. The minimum atomic E-state index is 0.690. The van der Waals surface area contributed by atoms with Crippen LogP contribution in [0.5, 0.6) is 0 Å². The highest BCUT2D eigenvalue weighted by atomic mass is 15.1. The van der Waals surface area contributed by atoms with E-state index < -0.39 is 0 Å². The molecule has 0 rings (SSSR count). The first-order valence-corrected chi connectivity index (χ1v) is 6.49. The van der Waals surface area contributed by atoms with Gasteiger partial charge < -0.3 is 15.1 Å². The Labute approximate surface area is 102 Å². The zero-order chi connectivity index (χ0) is 12.6. The third kappa shape index (κ3) is 9.13. The molecule has 0 aliphatic carbocycles. The smallest absolute Gasteiger partial charge is 0.0107 e. The maximum Gasteiger partial charge on any atom is 0.0107 e. The molecule has 0 aromatic carbocycles. The molecule has 0 aliphatic heterocycles. The molecule has 16 heavy (non-hydrogen) atoms. The second-order valence-corrected chi connectivity index (χ2v) is 5.51. The quantitative estimate of drug-likeness (QED) is 0.605. The van der Waals surface area contributed by atoms with Crippen molar-refractivity contribution in [1.29, 1.82) is 0 Å². The first kappa shape index (κ1) is 15.9. The Bertz CT molecular complexity index is 157. The Morgan fingerprint density at radius 3 is 2.00 bits per heavy atom. The molecule has 0 heterocycles. The van der Waals surface area contributed by atoms with Crippen LogP contribution < -0.4 is 5.32 Å². The van der Waals surface area contributed by atoms with E-state index in [-0.39, 0.29) is 0 Å². The Hall–Kier alpha value is -0.120. The molecule has 0 aromatic heterocycles. The van der Waals surface area contributed by atoms with Gasteiger partial charge in [-0.15, -0.1) is 0 Å². The summed E-state index contributed by atoms with van der Waals surface area (Å²) in [6.07, 6.45) is 1.29. The maximum atomic E-state index is 3.47. The van der Waals surface area contributed by atoms with Gasteiger partial charge in [0.1, 0.15) is 0 Å². The predicted molar refractivity (Wildman–Crippen MR) is 73.0 cm³/mol. The van der Waals surface area contributed by atoms with Crippen LogP contribution in [0.2, 0.25) is 0 Å². The largest absolute Gasteiger partial charge is 0.314 e. The number of hydrogen-bond acceptors (Lipinski definition) is 3. The minimum absolute atomic E-state index is 0.690. The number of nitrogens with one attached hydrogen (secondary N) is 1. The van der Waals surface area contributed by atoms with E-state index in [4.69, 9.17) is 0 Å². The molecule has 1 N–H and O–H groups in total. The molecule has 0 radical (unpaired) electrons. The van der Waals surface area contributed by atoms with Gasteiger partial charge in [0.25, 0.3) is 0 Å². The zero-order valence-electron chi connectivity index (χ0n) is 12.1. The van der Waals surface area contributed by atoms with Crippen molar-refractivity contribution in [3.05, 3.63) is 0 Å². The van der Waals surface area contributed by atoms with Crippen molar-refractivity contribution >= 4 is 0 Å². The summed E-state index contributed by atoms with van der Waals surface area (Å²) in [6, 6.07) is 0.690. The summed E-state index contributed by atoms with van der Waals surface area (Å²) < 4.78 is 0. The first-order chi connectivity index (χ1) is 7.43. The van der Waals surface area contributed by atoms with Gasteiger partial charge in [0.05, 0.1) is 0 Å². The van der Waals surface area contributed by atoms with E-state index >= 15 is 0 Å². The van der Waals surface area contributed by atoms with Crippen LogP contribution in [0.15, 0.2) is 0 Å². The molecule has 3 heteroatoms. The van der Waals surface area contributed by atoms with Gasteiger partial charge in [0.2, 0.25) is 0 Å². The molecule has 0 bridgehead atoms. The second-order valence-electron chi connectivity index (χ2n) is 5.51. The van der Waals surface area contributed by atoms with E-state index in [1.807, 2.05) is 0 Å². The van der Waals surface area contributed by atoms with Crippen molar-refractivity contribution in [2.75, 3.05) is 47.3 Å². The summed E-state index contributed by atoms with van der Waals surface area (Å²) in [7, 11) is 6.44. The van der Waals surface area contributed by atoms with Crippen molar-refractivity contribution in [3.63, 3.8) is 0 Å². The van der Waals surface area contributed by atoms with E-state index in [9.17, 15) is 0 Å². The van der Waals surface area contributed by atoms with Crippen LogP contribution in [0.1, 0.15) is 27.2 Å². The van der Waals surface area contributed by atoms with Crippen LogP contribution in [0.25, 0.3) is 0 Å². The molecule has 0 aromatic rings. The fraction of sp³-hybridized carbons (Fsp3) is 1.00. The molecule has 0 aliphatic rings. The monoisotopic (exact) mass is 229 g/mol. The molecule has 1 unspecified atom stereocenters. The summed E-state index contributed by atoms with van der Waals surface area (Å²) in [5.74, 6) is 0.791. The average molecular weight is 229 g/mol. The zero-order valence-corrected chi connectivity index (χ0v) is 12.1. The van der Waals surface area contributed by atoms with E-state index in [0.29, 0.717) is 6.04 Å². The third-order valence-corrected chi connectivity index (χ3v) is 2.94. The van der Waals surface area contributed by atoms with Crippen molar-refractivity contribution in [2.24, 2.45) is 5.92 Å². The Balaban J connectivity index is 3.45. The Morgan fingerprint density at radius 1 is 0.938 bits per heavy atom. The number of nitrogens with zero attached hydrogens (tertiary/aromatic N) is 2. The topological polar surface area (TPSA) is 18.5 Å². The fourth-order valence-electron chi connectivity index (χ4n) is 1.77. The van der Waals surface area contributed by atoms with Gasteiger partial charge in [-0.25, -0.2) is 0 Å². The van der Waals surface area contributed by atoms with Gasteiger partial charge in [-0.05, 0) is 40.4 Å². The average Bonchev–Trinajstić information content (AvgIpc) is 2.15. The van der Waals surface area contributed by atoms with Crippen LogP contribution in [0, 0.1) is 5.92 Å². The lowest BCUT2D eigenvalue weighted by Crippen LogP contribution is -2.37. The van der Waals surface area contributed by atoms with Gasteiger partial charge >= 0.3 is 0 Å². The van der Waals surface area contributed by atoms with Crippen LogP contribution in [0.3, 0.4) is 0 Å². The van der Waals surface area contributed by atoms with E-state index in [1.54, 1.807) is 0 Å². The summed E-state index contributed by atoms with van der Waals surface area (Å²) in [5.41, 5.74) is 0. The third-order valence-electron chi connectivity index (χ3n) is 2.94. The molecule has 0 spiro atoms. The highest BCUT2D eigenvalue weighted by Gasteiger charge is 2.09. The van der Waals surface area contributed by atoms with Crippen molar-refractivity contribution in [2.45, 2.75) is 33.2 Å². The van der Waals surface area contributed by atoms with Gasteiger partial charge in [0, 0.05) is 32.2 Å². The van der Waals surface area contributed by atoms with E-state index in [1.165, 1.54) is 6.42 Å². The molecular weight excluding hydrogens is 198 g/mol. The number of rotatable bonds is 9. The molecule has 0 saturated heterocycles. The minimum Gasteiger partial charge on any atom is -0.314 e. The fourth-order valence-corrected chi connectivity index (χ4v) is 1.77. The lowest BCUT2D eigenvalue weighted by molar-refractivity contribution is 0.227. The Morgan fingerprint density at radius 2 is 1.50 bits per heavy atom. The normalized spacial score (nSPS) is 14.1. The molecular formula is C13H31N3. The van der Waals surface area contributed by atoms with E-state index in [0.717, 1.165) is 32.1 Å². The van der Waals surface area contributed by atoms with Crippen LogP contribution in [-0.4, -0.2) is 63.2 Å². The standard InChI is InChI=1S/C13H31N3/c1-12(2)11-13(3)16(6)10-8-14-7-9-15(4)5/h12-14H,7-11H2,1-6H3. The predicted octanol–water partition coefficient (Wildman–Crippen LogP) is 1.50. The van der Waals surface area contributed by atoms with E-state index in [2.05, 4.69) is 57.0 Å². The van der Waals surface area contributed by atoms with Gasteiger partial charge in [0.15, 0.2) is 0 Å². The summed E-state index contributed by atoms with van der Waals surface area (Å²) in [5, 5.41) is 3.47. The molecule has 0 amide bonds. The molecule has 0 fully saturated rings. The summed E-state index contributed by atoms with van der Waals surface area (Å²) in [6.45, 7) is 11.3. The van der Waals surface area contributed by atoms with Crippen molar-refractivity contribution in [3.8, 4) is 0 Å². The maximum absolute atomic E-state index is 3.47. The molecule has 0 saturated carbocycles. The van der Waals surface area contributed by atoms with Gasteiger partial charge in [-0.2, -0.15) is 0 Å². The van der Waals surface area contributed by atoms with Gasteiger partial charge in [-0.1, -0.05) is 13.8 Å². The van der Waals surface area contributed by atoms with Crippen LogP contribution in [0.4, 0.5) is 0 Å². The molecule has 98 valence electrons. The highest BCUT2D eigenvalue weighted by Crippen LogP contribution is 2.08. The summed E-state index contributed by atoms with van der Waals surface area (Å²) in [4.78, 5) is 4.65. The van der Waals surface area contributed by atoms with Crippen LogP contribution in [-0.2, 0) is 0 Å². The first-order valence-electron chi connectivity index (χ1n) is 6.49.